The maximum absolute atomic E-state index is 13.2. The van der Waals surface area contributed by atoms with Crippen molar-refractivity contribution in [3.8, 4) is 11.3 Å². The lowest BCUT2D eigenvalue weighted by Gasteiger charge is -2.04. The molecule has 1 heterocycles. The predicted octanol–water partition coefficient (Wildman–Crippen LogP) is 2.10. The minimum atomic E-state index is -3.33. The molecule has 0 atom stereocenters. The van der Waals surface area contributed by atoms with E-state index in [1.807, 2.05) is 0 Å². The maximum atomic E-state index is 13.2. The highest BCUT2D eigenvalue weighted by molar-refractivity contribution is 7.90. The number of hydrogen-bond donors (Lipinski definition) is 0. The zero-order valence-electron chi connectivity index (χ0n) is 10.00. The Kier molecular flexibility index (Phi) is 3.44. The average molecular weight is 279 g/mol. The van der Waals surface area contributed by atoms with E-state index in [1.54, 1.807) is 12.1 Å². The summed E-state index contributed by atoms with van der Waals surface area (Å²) in [4.78, 5) is 14.7. The van der Waals surface area contributed by atoms with Crippen molar-refractivity contribution in [1.82, 2.24) is 4.98 Å². The minimum absolute atomic E-state index is 0.116. The molecule has 0 aliphatic heterocycles. The van der Waals surface area contributed by atoms with Gasteiger partial charge in [0.05, 0.1) is 22.3 Å². The van der Waals surface area contributed by atoms with E-state index in [-0.39, 0.29) is 10.5 Å². The van der Waals surface area contributed by atoms with Crippen LogP contribution in [0.5, 0.6) is 0 Å². The highest BCUT2D eigenvalue weighted by Crippen LogP contribution is 2.22. The first-order valence-corrected chi connectivity index (χ1v) is 7.22. The van der Waals surface area contributed by atoms with Crippen molar-refractivity contribution in [3.05, 3.63) is 47.9 Å². The van der Waals surface area contributed by atoms with E-state index < -0.39 is 15.7 Å². The van der Waals surface area contributed by atoms with Crippen LogP contribution >= 0.6 is 0 Å². The number of carbonyl (C=O) groups excluding carboxylic acids is 1. The van der Waals surface area contributed by atoms with Gasteiger partial charge in [-0.15, -0.1) is 0 Å². The fourth-order valence-corrected chi connectivity index (χ4v) is 2.26. The molecular weight excluding hydrogens is 269 g/mol. The monoisotopic (exact) mass is 279 g/mol. The molecule has 0 aliphatic rings. The van der Waals surface area contributed by atoms with E-state index in [9.17, 15) is 17.6 Å². The number of pyridine rings is 1. The Bertz CT molecular complexity index is 741. The minimum Gasteiger partial charge on any atom is -0.298 e. The third-order valence-electron chi connectivity index (χ3n) is 2.57. The van der Waals surface area contributed by atoms with Gasteiger partial charge in [0.15, 0.2) is 21.9 Å². The zero-order valence-corrected chi connectivity index (χ0v) is 10.8. The van der Waals surface area contributed by atoms with Gasteiger partial charge in [0.2, 0.25) is 0 Å². The fourth-order valence-electron chi connectivity index (χ4n) is 1.59. The number of nitrogens with zero attached hydrogens (tertiary/aromatic N) is 1. The second-order valence-electron chi connectivity index (χ2n) is 4.01. The number of carbonyl (C=O) groups is 1. The second-order valence-corrected chi connectivity index (χ2v) is 6.02. The molecular formula is C13H10FNO3S. The number of aldehydes is 1. The van der Waals surface area contributed by atoms with Crippen molar-refractivity contribution in [2.75, 3.05) is 6.26 Å². The molecule has 1 aromatic heterocycles. The molecule has 1 aromatic carbocycles. The summed E-state index contributed by atoms with van der Waals surface area (Å²) >= 11 is 0. The van der Waals surface area contributed by atoms with Gasteiger partial charge in [0.25, 0.3) is 0 Å². The molecule has 0 unspecified atom stereocenters. The van der Waals surface area contributed by atoms with Crippen molar-refractivity contribution >= 4 is 16.1 Å². The Morgan fingerprint density at radius 2 is 2.00 bits per heavy atom. The summed E-state index contributed by atoms with van der Waals surface area (Å²) in [6, 6.07) is 7.39. The van der Waals surface area contributed by atoms with Crippen LogP contribution in [-0.4, -0.2) is 25.9 Å². The van der Waals surface area contributed by atoms with Crippen LogP contribution in [-0.2, 0) is 9.84 Å². The van der Waals surface area contributed by atoms with Gasteiger partial charge < -0.3 is 0 Å². The number of rotatable bonds is 3. The molecule has 6 heteroatoms. The SMILES string of the molecule is CS(=O)(=O)c1cccc(-c2cc(C=O)c(F)cn2)c1. The van der Waals surface area contributed by atoms with Gasteiger partial charge in [-0.3, -0.25) is 9.78 Å². The molecule has 4 nitrogen and oxygen atoms in total. The van der Waals surface area contributed by atoms with Gasteiger partial charge in [-0.2, -0.15) is 0 Å². The summed E-state index contributed by atoms with van der Waals surface area (Å²) in [7, 11) is -3.33. The van der Waals surface area contributed by atoms with Crippen molar-refractivity contribution in [3.63, 3.8) is 0 Å². The van der Waals surface area contributed by atoms with Crippen molar-refractivity contribution in [1.29, 1.82) is 0 Å². The van der Waals surface area contributed by atoms with E-state index in [0.717, 1.165) is 12.5 Å². The number of sulfone groups is 1. The predicted molar refractivity (Wildman–Crippen MR) is 68.1 cm³/mol. The molecule has 0 saturated carbocycles. The summed E-state index contributed by atoms with van der Waals surface area (Å²) in [6.45, 7) is 0. The van der Waals surface area contributed by atoms with Crippen LogP contribution in [0.4, 0.5) is 4.39 Å². The van der Waals surface area contributed by atoms with E-state index in [4.69, 9.17) is 0 Å². The third kappa shape index (κ3) is 2.85. The van der Waals surface area contributed by atoms with E-state index in [1.165, 1.54) is 18.2 Å². The van der Waals surface area contributed by atoms with Crippen LogP contribution in [0.2, 0.25) is 0 Å². The molecule has 0 spiro atoms. The van der Waals surface area contributed by atoms with Crippen LogP contribution in [0.15, 0.2) is 41.4 Å². The van der Waals surface area contributed by atoms with Crippen LogP contribution in [0.1, 0.15) is 10.4 Å². The lowest BCUT2D eigenvalue weighted by Crippen LogP contribution is -1.98. The highest BCUT2D eigenvalue weighted by Gasteiger charge is 2.10. The Labute approximate surface area is 109 Å². The van der Waals surface area contributed by atoms with E-state index in [0.29, 0.717) is 17.5 Å². The lowest BCUT2D eigenvalue weighted by molar-refractivity contribution is 0.111. The number of hydrogen-bond acceptors (Lipinski definition) is 4. The Morgan fingerprint density at radius 3 is 2.63 bits per heavy atom. The Hall–Kier alpha value is -2.08. The van der Waals surface area contributed by atoms with Gasteiger partial charge in [0, 0.05) is 11.8 Å². The third-order valence-corrected chi connectivity index (χ3v) is 3.68. The van der Waals surface area contributed by atoms with E-state index in [2.05, 4.69) is 4.98 Å². The average Bonchev–Trinajstić information content (AvgIpc) is 2.38. The molecule has 2 aromatic rings. The van der Waals surface area contributed by atoms with Crippen LogP contribution in [0.3, 0.4) is 0 Å². The summed E-state index contributed by atoms with van der Waals surface area (Å²) < 4.78 is 36.1. The van der Waals surface area contributed by atoms with Gasteiger partial charge in [-0.05, 0) is 18.2 Å². The smallest absolute Gasteiger partial charge is 0.175 e. The molecule has 2 rings (SSSR count). The molecule has 0 fully saturated rings. The van der Waals surface area contributed by atoms with Gasteiger partial charge in [-0.25, -0.2) is 12.8 Å². The normalized spacial score (nSPS) is 11.3. The van der Waals surface area contributed by atoms with Crippen molar-refractivity contribution in [2.24, 2.45) is 0 Å². The molecule has 0 saturated heterocycles. The van der Waals surface area contributed by atoms with Crippen molar-refractivity contribution < 1.29 is 17.6 Å². The molecule has 0 radical (unpaired) electrons. The number of aromatic nitrogens is 1. The van der Waals surface area contributed by atoms with Crippen LogP contribution in [0, 0.1) is 5.82 Å². The highest BCUT2D eigenvalue weighted by atomic mass is 32.2. The van der Waals surface area contributed by atoms with Crippen LogP contribution < -0.4 is 0 Å². The Morgan fingerprint density at radius 1 is 1.26 bits per heavy atom. The zero-order chi connectivity index (χ0) is 14.0. The maximum Gasteiger partial charge on any atom is 0.175 e. The van der Waals surface area contributed by atoms with Crippen LogP contribution in [0.25, 0.3) is 11.3 Å². The Balaban J connectivity index is 2.57. The molecule has 0 amide bonds. The molecule has 98 valence electrons. The van der Waals surface area contributed by atoms with Gasteiger partial charge in [-0.1, -0.05) is 12.1 Å². The topological polar surface area (TPSA) is 64.1 Å². The largest absolute Gasteiger partial charge is 0.298 e. The van der Waals surface area contributed by atoms with Gasteiger partial charge >= 0.3 is 0 Å². The number of halogens is 1. The molecule has 0 N–H and O–H groups in total. The summed E-state index contributed by atoms with van der Waals surface area (Å²) in [5.41, 5.74) is 0.731. The van der Waals surface area contributed by atoms with E-state index >= 15 is 0 Å². The quantitative estimate of drug-likeness (QED) is 0.807. The second kappa shape index (κ2) is 4.89. The first kappa shape index (κ1) is 13.4. The first-order chi connectivity index (χ1) is 8.91. The first-order valence-electron chi connectivity index (χ1n) is 5.33. The summed E-state index contributed by atoms with van der Waals surface area (Å²) in [6.07, 6.45) is 2.42. The lowest BCUT2D eigenvalue weighted by atomic mass is 10.1. The molecule has 0 bridgehead atoms. The molecule has 19 heavy (non-hydrogen) atoms. The van der Waals surface area contributed by atoms with Gasteiger partial charge in [0.1, 0.15) is 0 Å². The molecule has 0 aliphatic carbocycles. The summed E-state index contributed by atoms with van der Waals surface area (Å²) in [5.74, 6) is -0.710. The summed E-state index contributed by atoms with van der Waals surface area (Å²) in [5, 5.41) is 0. The standard InChI is InChI=1S/C13H10FNO3S/c1-19(17,18)11-4-2-3-9(5-11)13-6-10(8-16)12(14)7-15-13/h2-8H,1H3. The van der Waals surface area contributed by atoms with Crippen molar-refractivity contribution in [2.45, 2.75) is 4.90 Å². The number of benzene rings is 1. The fraction of sp³-hybridized carbons (Fsp3) is 0.0769.